The van der Waals surface area contributed by atoms with E-state index in [-0.39, 0.29) is 16.9 Å². The molecule has 0 radical (unpaired) electrons. The van der Waals surface area contributed by atoms with E-state index in [1.54, 1.807) is 17.5 Å². The average Bonchev–Trinajstić information content (AvgIpc) is 2.97. The topological polar surface area (TPSA) is 116 Å². The fraction of sp³-hybridized carbons (Fsp3) is 0.0769. The lowest BCUT2D eigenvalue weighted by molar-refractivity contribution is -0.384. The number of benzene rings is 1. The summed E-state index contributed by atoms with van der Waals surface area (Å²) in [6, 6.07) is 7.81. The Kier molecular flexibility index (Phi) is 4.15. The van der Waals surface area contributed by atoms with E-state index in [0.29, 0.717) is 4.88 Å². The highest BCUT2D eigenvalue weighted by molar-refractivity contribution is 7.10. The molecule has 2 N–H and O–H groups in total. The van der Waals surface area contributed by atoms with Crippen LogP contribution in [-0.2, 0) is 4.79 Å². The Hall–Kier alpha value is -2.92. The van der Waals surface area contributed by atoms with E-state index in [2.05, 4.69) is 5.32 Å². The van der Waals surface area contributed by atoms with Gasteiger partial charge in [0.1, 0.15) is 5.69 Å². The number of nitro benzene ring substituents is 1. The predicted octanol–water partition coefficient (Wildman–Crippen LogP) is 2.77. The molecule has 8 heteroatoms. The number of nitrogens with one attached hydrogen (secondary N) is 1. The van der Waals surface area contributed by atoms with Gasteiger partial charge in [0.25, 0.3) is 5.69 Å². The standard InChI is InChI=1S/C13H9N3O4S/c14-7-8-3-4-10(16(19)20)9(6-8)15-12(13(17)18)11-2-1-5-21-11/h1-6,12,15H,(H,17,18). The highest BCUT2D eigenvalue weighted by atomic mass is 32.1. The maximum atomic E-state index is 11.3. The number of nitro groups is 1. The van der Waals surface area contributed by atoms with Crippen molar-refractivity contribution >= 4 is 28.7 Å². The maximum Gasteiger partial charge on any atom is 0.331 e. The van der Waals surface area contributed by atoms with Crippen LogP contribution >= 0.6 is 11.3 Å². The van der Waals surface area contributed by atoms with Gasteiger partial charge in [0.15, 0.2) is 6.04 Å². The highest BCUT2D eigenvalue weighted by Crippen LogP contribution is 2.30. The lowest BCUT2D eigenvalue weighted by Gasteiger charge is -2.14. The number of carboxylic acid groups (broad SMARTS) is 1. The maximum absolute atomic E-state index is 11.3. The molecule has 0 aliphatic carbocycles. The second-order valence-electron chi connectivity index (χ2n) is 4.03. The van der Waals surface area contributed by atoms with Crippen LogP contribution in [0, 0.1) is 21.4 Å². The van der Waals surface area contributed by atoms with Gasteiger partial charge in [-0.2, -0.15) is 5.26 Å². The number of carboxylic acids is 1. The first-order valence-corrected chi connectivity index (χ1v) is 6.62. The first-order chi connectivity index (χ1) is 10.0. The Bertz CT molecular complexity index is 722. The Morgan fingerprint density at radius 3 is 2.76 bits per heavy atom. The van der Waals surface area contributed by atoms with Gasteiger partial charge >= 0.3 is 5.97 Å². The molecule has 0 amide bonds. The average molecular weight is 303 g/mol. The van der Waals surface area contributed by atoms with Crippen LogP contribution in [0.1, 0.15) is 16.5 Å². The molecule has 21 heavy (non-hydrogen) atoms. The minimum atomic E-state index is -1.16. The number of hydrogen-bond donors (Lipinski definition) is 2. The van der Waals surface area contributed by atoms with Gasteiger partial charge in [-0.1, -0.05) is 6.07 Å². The molecule has 0 fully saturated rings. The van der Waals surface area contributed by atoms with Crippen molar-refractivity contribution in [2.24, 2.45) is 0 Å². The fourth-order valence-electron chi connectivity index (χ4n) is 1.75. The van der Waals surface area contributed by atoms with Crippen LogP contribution in [-0.4, -0.2) is 16.0 Å². The molecule has 106 valence electrons. The van der Waals surface area contributed by atoms with Crippen LogP contribution in [0.2, 0.25) is 0 Å². The molecule has 1 heterocycles. The summed E-state index contributed by atoms with van der Waals surface area (Å²) >= 11 is 1.22. The van der Waals surface area contributed by atoms with Crippen LogP contribution < -0.4 is 5.32 Å². The van der Waals surface area contributed by atoms with Crippen LogP contribution in [0.15, 0.2) is 35.7 Å². The molecule has 2 aromatic rings. The molecule has 1 atom stereocenters. The molecule has 0 aliphatic heterocycles. The normalized spacial score (nSPS) is 11.4. The van der Waals surface area contributed by atoms with E-state index >= 15 is 0 Å². The summed E-state index contributed by atoms with van der Waals surface area (Å²) in [6.07, 6.45) is 0. The molecule has 1 aromatic heterocycles. The molecule has 7 nitrogen and oxygen atoms in total. The number of anilines is 1. The van der Waals surface area contributed by atoms with Crippen molar-refractivity contribution in [2.45, 2.75) is 6.04 Å². The Balaban J connectivity index is 2.43. The van der Waals surface area contributed by atoms with Crippen molar-refractivity contribution in [1.29, 1.82) is 5.26 Å². The van der Waals surface area contributed by atoms with E-state index in [9.17, 15) is 20.0 Å². The number of thiophene rings is 1. The number of rotatable bonds is 5. The van der Waals surface area contributed by atoms with Gasteiger partial charge in [0, 0.05) is 10.9 Å². The van der Waals surface area contributed by atoms with Crippen molar-refractivity contribution in [3.63, 3.8) is 0 Å². The van der Waals surface area contributed by atoms with Gasteiger partial charge in [-0.25, -0.2) is 4.79 Å². The Morgan fingerprint density at radius 1 is 1.48 bits per heavy atom. The second kappa shape index (κ2) is 6.02. The first-order valence-electron chi connectivity index (χ1n) is 5.74. The molecular weight excluding hydrogens is 294 g/mol. The van der Waals surface area contributed by atoms with Gasteiger partial charge in [-0.3, -0.25) is 10.1 Å². The van der Waals surface area contributed by atoms with Gasteiger partial charge in [-0.05, 0) is 23.6 Å². The molecule has 0 saturated carbocycles. The Labute approximate surface area is 123 Å². The van der Waals surface area contributed by atoms with Crippen molar-refractivity contribution in [2.75, 3.05) is 5.32 Å². The number of aliphatic carboxylic acids is 1. The zero-order valence-electron chi connectivity index (χ0n) is 10.5. The summed E-state index contributed by atoms with van der Waals surface area (Å²) in [5.41, 5.74) is -0.0740. The van der Waals surface area contributed by atoms with Gasteiger partial charge in [0.05, 0.1) is 16.6 Å². The summed E-state index contributed by atoms with van der Waals surface area (Å²) in [4.78, 5) is 22.2. The summed E-state index contributed by atoms with van der Waals surface area (Å²) in [7, 11) is 0. The van der Waals surface area contributed by atoms with Crippen molar-refractivity contribution in [3.8, 4) is 6.07 Å². The molecular formula is C13H9N3O4S. The zero-order chi connectivity index (χ0) is 15.4. The summed E-state index contributed by atoms with van der Waals surface area (Å²) in [5, 5.41) is 33.5. The van der Waals surface area contributed by atoms with Gasteiger partial charge < -0.3 is 10.4 Å². The third-order valence-electron chi connectivity index (χ3n) is 2.70. The van der Waals surface area contributed by atoms with E-state index in [0.717, 1.165) is 0 Å². The summed E-state index contributed by atoms with van der Waals surface area (Å²) in [6.45, 7) is 0. The number of carbonyl (C=O) groups is 1. The van der Waals surface area contributed by atoms with Crippen LogP contribution in [0.3, 0.4) is 0 Å². The molecule has 0 saturated heterocycles. The van der Waals surface area contributed by atoms with Crippen molar-refractivity contribution in [3.05, 3.63) is 56.3 Å². The quantitative estimate of drug-likeness (QED) is 0.648. The van der Waals surface area contributed by atoms with E-state index in [1.165, 1.54) is 29.5 Å². The molecule has 0 bridgehead atoms. The van der Waals surface area contributed by atoms with Gasteiger partial charge in [-0.15, -0.1) is 11.3 Å². The molecule has 1 unspecified atom stereocenters. The molecule has 0 aliphatic rings. The third kappa shape index (κ3) is 3.16. The van der Waals surface area contributed by atoms with E-state index in [1.807, 2.05) is 6.07 Å². The Morgan fingerprint density at radius 2 is 2.24 bits per heavy atom. The lowest BCUT2D eigenvalue weighted by atomic mass is 10.1. The van der Waals surface area contributed by atoms with Crippen molar-refractivity contribution < 1.29 is 14.8 Å². The van der Waals surface area contributed by atoms with Crippen molar-refractivity contribution in [1.82, 2.24) is 0 Å². The predicted molar refractivity (Wildman–Crippen MR) is 76.1 cm³/mol. The number of nitriles is 1. The minimum Gasteiger partial charge on any atom is -0.479 e. The molecule has 2 rings (SSSR count). The SMILES string of the molecule is N#Cc1ccc([N+](=O)[O-])c(NC(C(=O)O)c2cccs2)c1. The largest absolute Gasteiger partial charge is 0.479 e. The molecule has 0 spiro atoms. The molecule has 1 aromatic carbocycles. The van der Waals surface area contributed by atoms with Crippen LogP contribution in [0.25, 0.3) is 0 Å². The summed E-state index contributed by atoms with van der Waals surface area (Å²) in [5.74, 6) is -1.16. The lowest BCUT2D eigenvalue weighted by Crippen LogP contribution is -2.20. The van der Waals surface area contributed by atoms with E-state index < -0.39 is 16.9 Å². The third-order valence-corrected chi connectivity index (χ3v) is 3.63. The number of nitrogens with zero attached hydrogens (tertiary/aromatic N) is 2. The van der Waals surface area contributed by atoms with E-state index in [4.69, 9.17) is 5.26 Å². The summed E-state index contributed by atoms with van der Waals surface area (Å²) < 4.78 is 0. The van der Waals surface area contributed by atoms with Crippen LogP contribution in [0.5, 0.6) is 0 Å². The first kappa shape index (κ1) is 14.5. The second-order valence-corrected chi connectivity index (χ2v) is 5.01. The number of hydrogen-bond acceptors (Lipinski definition) is 6. The minimum absolute atomic E-state index is 0.000139. The van der Waals surface area contributed by atoms with Gasteiger partial charge in [0.2, 0.25) is 0 Å². The fourth-order valence-corrected chi connectivity index (χ4v) is 2.51. The zero-order valence-corrected chi connectivity index (χ0v) is 11.3. The smallest absolute Gasteiger partial charge is 0.331 e. The highest BCUT2D eigenvalue weighted by Gasteiger charge is 2.24. The monoisotopic (exact) mass is 303 g/mol. The van der Waals surface area contributed by atoms with Crippen LogP contribution in [0.4, 0.5) is 11.4 Å².